The van der Waals surface area contributed by atoms with Gasteiger partial charge in [0.15, 0.2) is 0 Å². The second kappa shape index (κ2) is 9.32. The van der Waals surface area contributed by atoms with E-state index in [9.17, 15) is 22.8 Å². The van der Waals surface area contributed by atoms with Gasteiger partial charge in [0.05, 0.1) is 22.6 Å². The first-order valence-electron chi connectivity index (χ1n) is 11.1. The third-order valence-corrected chi connectivity index (χ3v) is 6.10. The van der Waals surface area contributed by atoms with Gasteiger partial charge in [-0.05, 0) is 61.7 Å². The van der Waals surface area contributed by atoms with Crippen LogP contribution in [0.25, 0.3) is 11.0 Å². The van der Waals surface area contributed by atoms with Gasteiger partial charge in [0, 0.05) is 11.6 Å². The summed E-state index contributed by atoms with van der Waals surface area (Å²) in [4.78, 5) is 29.6. The van der Waals surface area contributed by atoms with Crippen molar-refractivity contribution in [3.05, 3.63) is 71.8 Å². The molecule has 1 aliphatic carbocycles. The molecule has 4 rings (SSSR count). The minimum atomic E-state index is -4.56. The SMILES string of the molecule is C=CC(=O)NC1CCCCC1n1c(NC(=O)c2cccc(C(F)(F)F)c2)nc2cc(C)ccc21. The van der Waals surface area contributed by atoms with Crippen LogP contribution in [-0.2, 0) is 11.0 Å². The smallest absolute Gasteiger partial charge is 0.348 e. The van der Waals surface area contributed by atoms with Crippen molar-refractivity contribution in [2.24, 2.45) is 0 Å². The van der Waals surface area contributed by atoms with Gasteiger partial charge in [-0.2, -0.15) is 13.2 Å². The quantitative estimate of drug-likeness (QED) is 0.490. The number of benzene rings is 2. The number of aromatic nitrogens is 2. The van der Waals surface area contributed by atoms with E-state index >= 15 is 0 Å². The predicted molar refractivity (Wildman–Crippen MR) is 123 cm³/mol. The van der Waals surface area contributed by atoms with E-state index in [1.165, 1.54) is 18.2 Å². The van der Waals surface area contributed by atoms with Gasteiger partial charge >= 0.3 is 6.18 Å². The molecule has 1 saturated carbocycles. The number of carbonyl (C=O) groups is 2. The van der Waals surface area contributed by atoms with Crippen LogP contribution in [0.2, 0.25) is 0 Å². The Balaban J connectivity index is 1.74. The molecule has 6 nitrogen and oxygen atoms in total. The molecule has 2 amide bonds. The number of alkyl halides is 3. The Bertz CT molecular complexity index is 1250. The molecule has 1 aliphatic rings. The molecular weight excluding hydrogens is 445 g/mol. The molecule has 3 aromatic rings. The van der Waals surface area contributed by atoms with Crippen molar-refractivity contribution in [2.45, 2.75) is 50.9 Å². The van der Waals surface area contributed by atoms with Gasteiger partial charge < -0.3 is 9.88 Å². The number of imidazole rings is 1. The van der Waals surface area contributed by atoms with Gasteiger partial charge in [0.25, 0.3) is 5.91 Å². The Morgan fingerprint density at radius 2 is 1.91 bits per heavy atom. The second-order valence-electron chi connectivity index (χ2n) is 8.50. The molecule has 0 aliphatic heterocycles. The first-order chi connectivity index (χ1) is 16.2. The lowest BCUT2D eigenvalue weighted by atomic mass is 9.89. The molecule has 9 heteroatoms. The fourth-order valence-corrected chi connectivity index (χ4v) is 4.47. The number of fused-ring (bicyclic) bond motifs is 1. The van der Waals surface area contributed by atoms with Crippen molar-refractivity contribution in [3.63, 3.8) is 0 Å². The van der Waals surface area contributed by atoms with Crippen molar-refractivity contribution in [1.29, 1.82) is 0 Å². The van der Waals surface area contributed by atoms with Crippen LogP contribution < -0.4 is 10.6 Å². The topological polar surface area (TPSA) is 76.0 Å². The number of hydrogen-bond acceptors (Lipinski definition) is 3. The summed E-state index contributed by atoms with van der Waals surface area (Å²) in [6, 6.07) is 9.58. The summed E-state index contributed by atoms with van der Waals surface area (Å²) in [6.45, 7) is 5.44. The highest BCUT2D eigenvalue weighted by atomic mass is 19.4. The highest BCUT2D eigenvalue weighted by molar-refractivity contribution is 6.04. The molecule has 1 aromatic heterocycles. The van der Waals surface area contributed by atoms with E-state index in [-0.39, 0.29) is 29.5 Å². The summed E-state index contributed by atoms with van der Waals surface area (Å²) >= 11 is 0. The number of halogens is 3. The highest BCUT2D eigenvalue weighted by Crippen LogP contribution is 2.35. The molecule has 0 saturated heterocycles. The third kappa shape index (κ3) is 4.83. The molecule has 1 heterocycles. The Hall–Kier alpha value is -3.62. The zero-order chi connectivity index (χ0) is 24.5. The summed E-state index contributed by atoms with van der Waals surface area (Å²) in [6.07, 6.45) is 0.0234. The van der Waals surface area contributed by atoms with Gasteiger partial charge in [-0.3, -0.25) is 14.9 Å². The Labute approximate surface area is 194 Å². The van der Waals surface area contributed by atoms with Crippen molar-refractivity contribution in [2.75, 3.05) is 5.32 Å². The summed E-state index contributed by atoms with van der Waals surface area (Å²) in [5, 5.41) is 5.69. The summed E-state index contributed by atoms with van der Waals surface area (Å²) in [5.41, 5.74) is 1.38. The van der Waals surface area contributed by atoms with Crippen LogP contribution in [0, 0.1) is 6.92 Å². The van der Waals surface area contributed by atoms with Crippen molar-refractivity contribution in [1.82, 2.24) is 14.9 Å². The van der Waals surface area contributed by atoms with Crippen LogP contribution in [0.5, 0.6) is 0 Å². The summed E-state index contributed by atoms with van der Waals surface area (Å²) in [5.74, 6) is -0.749. The second-order valence-corrected chi connectivity index (χ2v) is 8.50. The highest BCUT2D eigenvalue weighted by Gasteiger charge is 2.33. The summed E-state index contributed by atoms with van der Waals surface area (Å²) in [7, 11) is 0. The Morgan fingerprint density at radius 1 is 1.15 bits per heavy atom. The van der Waals surface area contributed by atoms with Crippen molar-refractivity contribution < 1.29 is 22.8 Å². The largest absolute Gasteiger partial charge is 0.416 e. The van der Waals surface area contributed by atoms with Gasteiger partial charge in [-0.15, -0.1) is 0 Å². The molecule has 2 unspecified atom stereocenters. The number of hydrogen-bond donors (Lipinski definition) is 2. The maximum absolute atomic E-state index is 13.1. The maximum atomic E-state index is 13.1. The van der Waals surface area contributed by atoms with E-state index in [1.807, 2.05) is 29.7 Å². The van der Waals surface area contributed by atoms with Crippen molar-refractivity contribution >= 4 is 28.8 Å². The molecule has 2 N–H and O–H groups in total. The molecule has 0 bridgehead atoms. The van der Waals surface area contributed by atoms with Gasteiger partial charge in [0.1, 0.15) is 0 Å². The first kappa shape index (κ1) is 23.5. The van der Waals surface area contributed by atoms with Crippen LogP contribution in [0.3, 0.4) is 0 Å². The van der Waals surface area contributed by atoms with Crippen LogP contribution >= 0.6 is 0 Å². The molecule has 0 spiro atoms. The van der Waals surface area contributed by atoms with Crippen LogP contribution in [-0.4, -0.2) is 27.4 Å². The number of carbonyl (C=O) groups excluding carboxylic acids is 2. The lowest BCUT2D eigenvalue weighted by Crippen LogP contribution is -2.42. The molecule has 1 fully saturated rings. The molecule has 2 atom stereocenters. The standard InChI is InChI=1S/C25H25F3N4O2/c1-3-22(33)29-18-9-4-5-10-20(18)32-21-12-11-15(2)13-19(21)30-24(32)31-23(34)16-7-6-8-17(14-16)25(26,27)28/h3,6-8,11-14,18,20H,1,4-5,9-10H2,2H3,(H,29,33)(H,30,31,34). The van der Waals surface area contributed by atoms with Gasteiger partial charge in [-0.1, -0.05) is 31.6 Å². The van der Waals surface area contributed by atoms with E-state index in [0.717, 1.165) is 48.9 Å². The van der Waals surface area contributed by atoms with Crippen LogP contribution in [0.4, 0.5) is 19.1 Å². The van der Waals surface area contributed by atoms with Gasteiger partial charge in [0.2, 0.25) is 11.9 Å². The van der Waals surface area contributed by atoms with E-state index in [2.05, 4.69) is 22.2 Å². The number of aryl methyl sites for hydroxylation is 1. The lowest BCUT2D eigenvalue weighted by molar-refractivity contribution is -0.137. The number of anilines is 1. The number of amides is 2. The molecule has 34 heavy (non-hydrogen) atoms. The Morgan fingerprint density at radius 3 is 2.65 bits per heavy atom. The van der Waals surface area contributed by atoms with Crippen LogP contribution in [0.1, 0.15) is 53.2 Å². The zero-order valence-corrected chi connectivity index (χ0v) is 18.7. The molecular formula is C25H25F3N4O2. The monoisotopic (exact) mass is 470 g/mol. The normalized spacial score (nSPS) is 18.5. The fourth-order valence-electron chi connectivity index (χ4n) is 4.47. The maximum Gasteiger partial charge on any atom is 0.416 e. The van der Waals surface area contributed by atoms with E-state index in [4.69, 9.17) is 0 Å². The third-order valence-electron chi connectivity index (χ3n) is 6.10. The number of nitrogens with zero attached hydrogens (tertiary/aromatic N) is 2. The van der Waals surface area contributed by atoms with Gasteiger partial charge in [-0.25, -0.2) is 4.98 Å². The number of nitrogens with one attached hydrogen (secondary N) is 2. The summed E-state index contributed by atoms with van der Waals surface area (Å²) < 4.78 is 41.3. The van der Waals surface area contributed by atoms with Crippen LogP contribution in [0.15, 0.2) is 55.1 Å². The zero-order valence-electron chi connectivity index (χ0n) is 18.7. The molecule has 178 valence electrons. The van der Waals surface area contributed by atoms with E-state index in [0.29, 0.717) is 5.52 Å². The number of rotatable bonds is 5. The molecule has 0 radical (unpaired) electrons. The fraction of sp³-hybridized carbons (Fsp3) is 0.320. The van der Waals surface area contributed by atoms with E-state index < -0.39 is 17.6 Å². The average Bonchev–Trinajstić information content (AvgIpc) is 3.15. The van der Waals surface area contributed by atoms with E-state index in [1.54, 1.807) is 0 Å². The molecule has 2 aromatic carbocycles. The Kier molecular flexibility index (Phi) is 6.45. The predicted octanol–water partition coefficient (Wildman–Crippen LogP) is 5.40. The average molecular weight is 470 g/mol. The minimum absolute atomic E-state index is 0.121. The minimum Gasteiger partial charge on any atom is -0.348 e. The van der Waals surface area contributed by atoms with Crippen molar-refractivity contribution in [3.8, 4) is 0 Å². The first-order valence-corrected chi connectivity index (χ1v) is 11.1. The lowest BCUT2D eigenvalue weighted by Gasteiger charge is -2.34.